The van der Waals surface area contributed by atoms with Gasteiger partial charge in [-0.1, -0.05) is 18.9 Å². The molecule has 0 aliphatic heterocycles. The highest BCUT2D eigenvalue weighted by Crippen LogP contribution is 2.20. The van der Waals surface area contributed by atoms with Crippen molar-refractivity contribution in [1.82, 2.24) is 5.48 Å². The van der Waals surface area contributed by atoms with Gasteiger partial charge in [0.15, 0.2) is 0 Å². The van der Waals surface area contributed by atoms with E-state index < -0.39 is 11.6 Å². The molecule has 0 spiro atoms. The molecule has 1 aliphatic carbocycles. The SMILES string of the molecule is Fc1cccc(F)c1CNOC1CCCC1. The molecule has 0 atom stereocenters. The summed E-state index contributed by atoms with van der Waals surface area (Å²) in [7, 11) is 0. The molecule has 1 N–H and O–H groups in total. The summed E-state index contributed by atoms with van der Waals surface area (Å²) in [6.45, 7) is 0.0645. The van der Waals surface area contributed by atoms with E-state index in [1.54, 1.807) is 0 Å². The van der Waals surface area contributed by atoms with Crippen molar-refractivity contribution in [3.63, 3.8) is 0 Å². The van der Waals surface area contributed by atoms with E-state index in [4.69, 9.17) is 4.84 Å². The van der Waals surface area contributed by atoms with Crippen molar-refractivity contribution < 1.29 is 13.6 Å². The molecule has 4 heteroatoms. The Morgan fingerprint density at radius 1 is 1.19 bits per heavy atom. The molecule has 1 saturated carbocycles. The molecule has 0 radical (unpaired) electrons. The van der Waals surface area contributed by atoms with Crippen LogP contribution >= 0.6 is 0 Å². The molecular formula is C12H15F2NO. The first-order chi connectivity index (χ1) is 7.77. The standard InChI is InChI=1S/C12H15F2NO/c13-11-6-3-7-12(14)10(11)8-15-16-9-4-1-2-5-9/h3,6-7,9,15H,1-2,4-5,8H2. The number of halogens is 2. The predicted molar refractivity (Wildman–Crippen MR) is 56.5 cm³/mol. The van der Waals surface area contributed by atoms with Crippen LogP contribution in [0.5, 0.6) is 0 Å². The Labute approximate surface area is 93.6 Å². The first-order valence-corrected chi connectivity index (χ1v) is 5.59. The van der Waals surface area contributed by atoms with Crippen LogP contribution < -0.4 is 5.48 Å². The molecule has 1 aromatic carbocycles. The van der Waals surface area contributed by atoms with Gasteiger partial charge in [-0.15, -0.1) is 0 Å². The third kappa shape index (κ3) is 2.77. The second-order valence-electron chi connectivity index (χ2n) is 4.05. The molecule has 88 valence electrons. The Morgan fingerprint density at radius 2 is 1.81 bits per heavy atom. The summed E-state index contributed by atoms with van der Waals surface area (Å²) in [6, 6.07) is 3.84. The molecule has 1 fully saturated rings. The van der Waals surface area contributed by atoms with Crippen LogP contribution in [0.2, 0.25) is 0 Å². The molecule has 16 heavy (non-hydrogen) atoms. The zero-order valence-corrected chi connectivity index (χ0v) is 9.01. The van der Waals surface area contributed by atoms with Crippen molar-refractivity contribution in [2.24, 2.45) is 0 Å². The Balaban J connectivity index is 1.84. The highest BCUT2D eigenvalue weighted by molar-refractivity contribution is 5.19. The van der Waals surface area contributed by atoms with Crippen molar-refractivity contribution in [2.45, 2.75) is 38.3 Å². The van der Waals surface area contributed by atoms with Gasteiger partial charge in [-0.2, -0.15) is 5.48 Å². The van der Waals surface area contributed by atoms with Crippen molar-refractivity contribution in [2.75, 3.05) is 0 Å². The summed E-state index contributed by atoms with van der Waals surface area (Å²) < 4.78 is 26.4. The summed E-state index contributed by atoms with van der Waals surface area (Å²) in [6.07, 6.45) is 4.56. The van der Waals surface area contributed by atoms with E-state index >= 15 is 0 Å². The van der Waals surface area contributed by atoms with Gasteiger partial charge in [0, 0.05) is 5.56 Å². The average molecular weight is 227 g/mol. The molecule has 0 heterocycles. The van der Waals surface area contributed by atoms with Crippen LogP contribution in [0.4, 0.5) is 8.78 Å². The second-order valence-corrected chi connectivity index (χ2v) is 4.05. The largest absolute Gasteiger partial charge is 0.298 e. The van der Waals surface area contributed by atoms with Gasteiger partial charge in [-0.05, 0) is 25.0 Å². The maximum atomic E-state index is 13.2. The lowest BCUT2D eigenvalue weighted by molar-refractivity contribution is -0.0252. The van der Waals surface area contributed by atoms with E-state index in [0.29, 0.717) is 0 Å². The maximum Gasteiger partial charge on any atom is 0.130 e. The number of hydrogen-bond donors (Lipinski definition) is 1. The van der Waals surface area contributed by atoms with Crippen LogP contribution in [0.1, 0.15) is 31.2 Å². The number of hydroxylamine groups is 1. The normalized spacial score (nSPS) is 16.9. The van der Waals surface area contributed by atoms with E-state index in [1.165, 1.54) is 31.0 Å². The summed E-state index contributed by atoms with van der Waals surface area (Å²) in [5, 5.41) is 0. The van der Waals surface area contributed by atoms with Crippen molar-refractivity contribution in [1.29, 1.82) is 0 Å². The van der Waals surface area contributed by atoms with E-state index in [9.17, 15) is 8.78 Å². The van der Waals surface area contributed by atoms with Crippen LogP contribution in [0.25, 0.3) is 0 Å². The Bertz CT molecular complexity index is 331. The Kier molecular flexibility index (Phi) is 3.85. The van der Waals surface area contributed by atoms with Gasteiger partial charge in [-0.25, -0.2) is 8.78 Å². The lowest BCUT2D eigenvalue weighted by Crippen LogP contribution is -2.22. The molecule has 1 aliphatic rings. The van der Waals surface area contributed by atoms with Crippen molar-refractivity contribution in [3.05, 3.63) is 35.4 Å². The second kappa shape index (κ2) is 5.37. The summed E-state index contributed by atoms with van der Waals surface area (Å²) >= 11 is 0. The van der Waals surface area contributed by atoms with Gasteiger partial charge in [-0.3, -0.25) is 4.84 Å². The summed E-state index contributed by atoms with van der Waals surface area (Å²) in [4.78, 5) is 5.33. The number of hydrogen-bond acceptors (Lipinski definition) is 2. The van der Waals surface area contributed by atoms with Gasteiger partial charge in [0.2, 0.25) is 0 Å². The summed E-state index contributed by atoms with van der Waals surface area (Å²) in [5.41, 5.74) is 2.67. The predicted octanol–water partition coefficient (Wildman–Crippen LogP) is 2.93. The fourth-order valence-corrected chi connectivity index (χ4v) is 1.94. The van der Waals surface area contributed by atoms with Gasteiger partial charge in [0.1, 0.15) is 11.6 Å². The van der Waals surface area contributed by atoms with Gasteiger partial charge in [0.25, 0.3) is 0 Å². The number of nitrogens with one attached hydrogen (secondary N) is 1. The van der Waals surface area contributed by atoms with Crippen LogP contribution in [0, 0.1) is 11.6 Å². The highest BCUT2D eigenvalue weighted by atomic mass is 19.1. The molecule has 0 aromatic heterocycles. The van der Waals surface area contributed by atoms with Crippen LogP contribution in [-0.2, 0) is 11.4 Å². The molecular weight excluding hydrogens is 212 g/mol. The molecule has 2 nitrogen and oxygen atoms in total. The molecule has 1 aromatic rings. The fourth-order valence-electron chi connectivity index (χ4n) is 1.94. The van der Waals surface area contributed by atoms with E-state index in [0.717, 1.165) is 12.8 Å². The lowest BCUT2D eigenvalue weighted by Gasteiger charge is -2.12. The molecule has 0 saturated heterocycles. The lowest BCUT2D eigenvalue weighted by atomic mass is 10.2. The zero-order valence-electron chi connectivity index (χ0n) is 9.01. The minimum atomic E-state index is -0.539. The van der Waals surface area contributed by atoms with E-state index in [1.807, 2.05) is 0 Å². The maximum absolute atomic E-state index is 13.2. The Morgan fingerprint density at radius 3 is 2.44 bits per heavy atom. The third-order valence-electron chi connectivity index (χ3n) is 2.86. The summed E-state index contributed by atoms with van der Waals surface area (Å²) in [5.74, 6) is -1.08. The number of benzene rings is 1. The first-order valence-electron chi connectivity index (χ1n) is 5.59. The van der Waals surface area contributed by atoms with E-state index in [-0.39, 0.29) is 18.2 Å². The van der Waals surface area contributed by atoms with Gasteiger partial charge >= 0.3 is 0 Å². The third-order valence-corrected chi connectivity index (χ3v) is 2.86. The van der Waals surface area contributed by atoms with Crippen molar-refractivity contribution >= 4 is 0 Å². The van der Waals surface area contributed by atoms with Crippen LogP contribution in [0.3, 0.4) is 0 Å². The smallest absolute Gasteiger partial charge is 0.130 e. The molecule has 0 amide bonds. The fraction of sp³-hybridized carbons (Fsp3) is 0.500. The molecule has 2 rings (SSSR count). The first kappa shape index (κ1) is 11.5. The molecule has 0 bridgehead atoms. The monoisotopic (exact) mass is 227 g/mol. The topological polar surface area (TPSA) is 21.3 Å². The van der Waals surface area contributed by atoms with Crippen LogP contribution in [0.15, 0.2) is 18.2 Å². The zero-order chi connectivity index (χ0) is 11.4. The van der Waals surface area contributed by atoms with Gasteiger partial charge in [0.05, 0.1) is 12.6 Å². The van der Waals surface area contributed by atoms with E-state index in [2.05, 4.69) is 5.48 Å². The van der Waals surface area contributed by atoms with Crippen molar-refractivity contribution in [3.8, 4) is 0 Å². The average Bonchev–Trinajstić information content (AvgIpc) is 2.75. The minimum absolute atomic E-state index is 0.0282. The van der Waals surface area contributed by atoms with Gasteiger partial charge < -0.3 is 0 Å². The Hall–Kier alpha value is -1.00. The van der Waals surface area contributed by atoms with Crippen LogP contribution in [-0.4, -0.2) is 6.10 Å². The number of rotatable bonds is 4. The highest BCUT2D eigenvalue weighted by Gasteiger charge is 2.16. The quantitative estimate of drug-likeness (QED) is 0.798. The minimum Gasteiger partial charge on any atom is -0.298 e. The molecule has 0 unspecified atom stereocenters.